The van der Waals surface area contributed by atoms with Crippen LogP contribution in [0.1, 0.15) is 15.9 Å². The quantitative estimate of drug-likeness (QED) is 0.436. The highest BCUT2D eigenvalue weighted by Gasteiger charge is 2.22. The summed E-state index contributed by atoms with van der Waals surface area (Å²) >= 11 is 0. The van der Waals surface area contributed by atoms with Crippen molar-refractivity contribution in [2.45, 2.75) is 4.90 Å². The van der Waals surface area contributed by atoms with Gasteiger partial charge in [0.15, 0.2) is 0 Å². The van der Waals surface area contributed by atoms with Gasteiger partial charge in [-0.2, -0.15) is 9.41 Å². The van der Waals surface area contributed by atoms with Crippen LogP contribution in [0.4, 0.5) is 0 Å². The number of methoxy groups -OCH3 is 1. The molecule has 2 aromatic rings. The van der Waals surface area contributed by atoms with Crippen LogP contribution in [0.25, 0.3) is 0 Å². The Labute approximate surface area is 157 Å². The summed E-state index contributed by atoms with van der Waals surface area (Å²) in [5, 5.41) is 3.78. The van der Waals surface area contributed by atoms with Gasteiger partial charge < -0.3 is 4.74 Å². The highest BCUT2D eigenvalue weighted by Crippen LogP contribution is 2.12. The minimum absolute atomic E-state index is 0.106. The second kappa shape index (κ2) is 9.06. The fourth-order valence-corrected chi connectivity index (χ4v) is 3.25. The van der Waals surface area contributed by atoms with E-state index in [1.165, 1.54) is 32.5 Å². The summed E-state index contributed by atoms with van der Waals surface area (Å²) in [5.74, 6) is -1.03. The maximum Gasteiger partial charge on any atom is 0.337 e. The molecule has 0 spiro atoms. The van der Waals surface area contributed by atoms with Crippen LogP contribution in [0, 0.1) is 0 Å². The minimum atomic E-state index is -3.75. The number of nitrogens with one attached hydrogen (secondary N) is 1. The lowest BCUT2D eigenvalue weighted by Gasteiger charge is -2.15. The van der Waals surface area contributed by atoms with E-state index in [0.717, 1.165) is 4.31 Å². The van der Waals surface area contributed by atoms with E-state index in [0.29, 0.717) is 11.1 Å². The van der Waals surface area contributed by atoms with E-state index in [1.807, 2.05) is 0 Å². The largest absolute Gasteiger partial charge is 0.465 e. The SMILES string of the molecule is COC(=O)c1ccc(C=NNC(=O)CN(C)S(=O)(=O)c2ccccc2)cc1. The molecule has 0 unspecified atom stereocenters. The second-order valence-electron chi connectivity index (χ2n) is 5.48. The molecular formula is C18H19N3O5S. The van der Waals surface area contributed by atoms with Gasteiger partial charge in [-0.1, -0.05) is 30.3 Å². The lowest BCUT2D eigenvalue weighted by molar-refractivity contribution is -0.121. The zero-order valence-corrected chi connectivity index (χ0v) is 15.6. The molecule has 0 saturated heterocycles. The summed E-state index contributed by atoms with van der Waals surface area (Å²) in [6.45, 7) is -0.379. The van der Waals surface area contributed by atoms with Crippen LogP contribution in [0.3, 0.4) is 0 Å². The van der Waals surface area contributed by atoms with Crippen LogP contribution < -0.4 is 5.43 Å². The Morgan fingerprint density at radius 1 is 1.11 bits per heavy atom. The van der Waals surface area contributed by atoms with Gasteiger partial charge in [0.25, 0.3) is 5.91 Å². The normalized spacial score (nSPS) is 11.5. The third kappa shape index (κ3) is 5.47. The Hall–Kier alpha value is -3.04. The van der Waals surface area contributed by atoms with Crippen molar-refractivity contribution in [2.75, 3.05) is 20.7 Å². The smallest absolute Gasteiger partial charge is 0.337 e. The number of amides is 1. The van der Waals surface area contributed by atoms with E-state index in [9.17, 15) is 18.0 Å². The predicted octanol–water partition coefficient (Wildman–Crippen LogP) is 1.24. The van der Waals surface area contributed by atoms with E-state index in [1.54, 1.807) is 42.5 Å². The number of hydrazone groups is 1. The fourth-order valence-electron chi connectivity index (χ4n) is 2.10. The monoisotopic (exact) mass is 389 g/mol. The molecule has 1 amide bonds. The van der Waals surface area contributed by atoms with Crippen LogP contribution in [0.5, 0.6) is 0 Å². The molecule has 142 valence electrons. The van der Waals surface area contributed by atoms with Crippen LogP contribution in [0.15, 0.2) is 64.6 Å². The summed E-state index contributed by atoms with van der Waals surface area (Å²) in [6.07, 6.45) is 1.38. The van der Waals surface area contributed by atoms with Gasteiger partial charge in [0, 0.05) is 7.05 Å². The van der Waals surface area contributed by atoms with Crippen molar-refractivity contribution in [1.82, 2.24) is 9.73 Å². The first-order chi connectivity index (χ1) is 12.8. The summed E-state index contributed by atoms with van der Waals surface area (Å²) < 4.78 is 30.2. The predicted molar refractivity (Wildman–Crippen MR) is 99.8 cm³/mol. The number of benzene rings is 2. The van der Waals surface area contributed by atoms with E-state index in [-0.39, 0.29) is 11.4 Å². The lowest BCUT2D eigenvalue weighted by Crippen LogP contribution is -2.36. The highest BCUT2D eigenvalue weighted by molar-refractivity contribution is 7.89. The van der Waals surface area contributed by atoms with Crippen LogP contribution in [-0.2, 0) is 19.6 Å². The number of rotatable bonds is 7. The summed E-state index contributed by atoms with van der Waals surface area (Å²) in [6, 6.07) is 14.2. The van der Waals surface area contributed by atoms with Crippen molar-refractivity contribution in [2.24, 2.45) is 5.10 Å². The highest BCUT2D eigenvalue weighted by atomic mass is 32.2. The Bertz CT molecular complexity index is 925. The van der Waals surface area contributed by atoms with Gasteiger partial charge in [-0.15, -0.1) is 0 Å². The third-order valence-electron chi connectivity index (χ3n) is 3.55. The molecule has 0 saturated carbocycles. The zero-order chi connectivity index (χ0) is 19.9. The third-order valence-corrected chi connectivity index (χ3v) is 5.37. The average molecular weight is 389 g/mol. The molecule has 8 nitrogen and oxygen atoms in total. The maximum absolute atomic E-state index is 12.3. The molecule has 27 heavy (non-hydrogen) atoms. The van der Waals surface area contributed by atoms with E-state index >= 15 is 0 Å². The number of carbonyl (C=O) groups excluding carboxylic acids is 2. The number of carbonyl (C=O) groups is 2. The summed E-state index contributed by atoms with van der Waals surface area (Å²) in [7, 11) is -1.14. The first-order valence-electron chi connectivity index (χ1n) is 7.86. The molecular weight excluding hydrogens is 370 g/mol. The Morgan fingerprint density at radius 2 is 1.74 bits per heavy atom. The minimum Gasteiger partial charge on any atom is -0.465 e. The van der Waals surface area contributed by atoms with Gasteiger partial charge >= 0.3 is 5.97 Å². The number of hydrogen-bond donors (Lipinski definition) is 1. The molecule has 0 fully saturated rings. The van der Waals surface area contributed by atoms with Gasteiger partial charge in [-0.05, 0) is 29.8 Å². The van der Waals surface area contributed by atoms with Crippen molar-refractivity contribution in [3.05, 3.63) is 65.7 Å². The number of ether oxygens (including phenoxy) is 1. The number of hydrogen-bond acceptors (Lipinski definition) is 6. The molecule has 0 aliphatic rings. The first-order valence-corrected chi connectivity index (χ1v) is 9.30. The van der Waals surface area contributed by atoms with Crippen molar-refractivity contribution < 1.29 is 22.7 Å². The maximum atomic E-state index is 12.3. The number of esters is 1. The number of nitrogens with zero attached hydrogens (tertiary/aromatic N) is 2. The standard InChI is InChI=1S/C18H19N3O5S/c1-21(27(24,25)16-6-4-3-5-7-16)13-17(22)20-19-12-14-8-10-15(11-9-14)18(23)26-2/h3-12H,13H2,1-2H3,(H,20,22). The Balaban J connectivity index is 1.92. The molecule has 0 aliphatic carbocycles. The molecule has 0 atom stereocenters. The summed E-state index contributed by atoms with van der Waals surface area (Å²) in [4.78, 5) is 23.4. The Kier molecular flexibility index (Phi) is 6.80. The molecule has 0 bridgehead atoms. The van der Waals surface area contributed by atoms with E-state index < -0.39 is 21.9 Å². The van der Waals surface area contributed by atoms with E-state index in [2.05, 4.69) is 15.3 Å². The first kappa shape index (κ1) is 20.3. The second-order valence-corrected chi connectivity index (χ2v) is 7.53. The summed E-state index contributed by atoms with van der Waals surface area (Å²) in [5.41, 5.74) is 3.31. The number of sulfonamides is 1. The topological polar surface area (TPSA) is 105 Å². The molecule has 0 aromatic heterocycles. The van der Waals surface area contributed by atoms with Crippen molar-refractivity contribution in [3.63, 3.8) is 0 Å². The zero-order valence-electron chi connectivity index (χ0n) is 14.8. The van der Waals surface area contributed by atoms with Crippen molar-refractivity contribution >= 4 is 28.1 Å². The van der Waals surface area contributed by atoms with Gasteiger partial charge in [-0.25, -0.2) is 18.6 Å². The van der Waals surface area contributed by atoms with Gasteiger partial charge in [-0.3, -0.25) is 4.79 Å². The van der Waals surface area contributed by atoms with E-state index in [4.69, 9.17) is 0 Å². The van der Waals surface area contributed by atoms with Crippen LogP contribution in [-0.4, -0.2) is 51.5 Å². The van der Waals surface area contributed by atoms with Crippen LogP contribution in [0.2, 0.25) is 0 Å². The molecule has 9 heteroatoms. The lowest BCUT2D eigenvalue weighted by atomic mass is 10.1. The fraction of sp³-hybridized carbons (Fsp3) is 0.167. The molecule has 0 heterocycles. The molecule has 2 rings (SSSR count). The van der Waals surface area contributed by atoms with Crippen molar-refractivity contribution in [1.29, 1.82) is 0 Å². The molecule has 0 aliphatic heterocycles. The van der Waals surface area contributed by atoms with Crippen LogP contribution >= 0.6 is 0 Å². The van der Waals surface area contributed by atoms with Crippen molar-refractivity contribution in [3.8, 4) is 0 Å². The average Bonchev–Trinajstić information content (AvgIpc) is 2.68. The Morgan fingerprint density at radius 3 is 2.33 bits per heavy atom. The number of likely N-dealkylation sites (N-methyl/N-ethyl adjacent to an activating group) is 1. The van der Waals surface area contributed by atoms with Gasteiger partial charge in [0.05, 0.1) is 30.3 Å². The molecule has 2 aromatic carbocycles. The molecule has 1 N–H and O–H groups in total. The molecule has 0 radical (unpaired) electrons. The van der Waals surface area contributed by atoms with Gasteiger partial charge in [0.1, 0.15) is 0 Å². The van der Waals surface area contributed by atoms with Gasteiger partial charge in [0.2, 0.25) is 10.0 Å².